The van der Waals surface area contributed by atoms with Crippen LogP contribution in [0.25, 0.3) is 0 Å². The minimum Gasteiger partial charge on any atom is -0.497 e. The number of hydrogen-bond acceptors (Lipinski definition) is 3. The molecule has 4 heteroatoms. The molecule has 2 aromatic rings. The van der Waals surface area contributed by atoms with E-state index in [1.54, 1.807) is 14.2 Å². The van der Waals surface area contributed by atoms with Gasteiger partial charge in [0, 0.05) is 31.7 Å². The van der Waals surface area contributed by atoms with Crippen LogP contribution in [0.5, 0.6) is 5.75 Å². The number of piperidine rings is 1. The van der Waals surface area contributed by atoms with Crippen molar-refractivity contribution in [2.75, 3.05) is 27.3 Å². The number of ether oxygens (including phenoxy) is 2. The standard InChI is InChI=1S/C22H27NO3/c1-16-5-4-6-18(13-16)22(24)23-12-11-21(26-3)19(15-23)14-17-7-9-20(25-2)10-8-17/h4-10,13,19,21H,11-12,14-15H2,1-3H3/t19-,21+/m1/s1. The SMILES string of the molecule is COc1ccc(C[C@@H]2CN(C(=O)c3cccc(C)c3)CC[C@@H]2OC)cc1. The molecule has 0 radical (unpaired) electrons. The summed E-state index contributed by atoms with van der Waals surface area (Å²) >= 11 is 0. The lowest BCUT2D eigenvalue weighted by molar-refractivity contribution is -0.00299. The number of carbonyl (C=O) groups is 1. The Kier molecular flexibility index (Phi) is 5.94. The van der Waals surface area contributed by atoms with E-state index in [0.717, 1.165) is 42.8 Å². The molecule has 3 rings (SSSR count). The molecule has 1 amide bonds. The summed E-state index contributed by atoms with van der Waals surface area (Å²) in [5.74, 6) is 1.26. The van der Waals surface area contributed by atoms with Crippen LogP contribution in [0.3, 0.4) is 0 Å². The number of nitrogens with zero attached hydrogens (tertiary/aromatic N) is 1. The molecular weight excluding hydrogens is 326 g/mol. The Morgan fingerprint density at radius 2 is 1.92 bits per heavy atom. The lowest BCUT2D eigenvalue weighted by atomic mass is 9.88. The quantitative estimate of drug-likeness (QED) is 0.822. The van der Waals surface area contributed by atoms with Crippen LogP contribution < -0.4 is 4.74 Å². The summed E-state index contributed by atoms with van der Waals surface area (Å²) in [5, 5.41) is 0. The van der Waals surface area contributed by atoms with Gasteiger partial charge >= 0.3 is 0 Å². The number of amides is 1. The molecule has 0 aromatic heterocycles. The highest BCUT2D eigenvalue weighted by molar-refractivity contribution is 5.94. The minimum atomic E-state index is 0.114. The van der Waals surface area contributed by atoms with Gasteiger partial charge in [-0.2, -0.15) is 0 Å². The number of likely N-dealkylation sites (tertiary alicyclic amines) is 1. The van der Waals surface area contributed by atoms with E-state index >= 15 is 0 Å². The molecule has 0 bridgehead atoms. The maximum absolute atomic E-state index is 12.9. The third kappa shape index (κ3) is 4.25. The molecule has 0 unspecified atom stereocenters. The van der Waals surface area contributed by atoms with Crippen LogP contribution in [0.2, 0.25) is 0 Å². The molecule has 4 nitrogen and oxygen atoms in total. The van der Waals surface area contributed by atoms with E-state index < -0.39 is 0 Å². The van der Waals surface area contributed by atoms with Crippen LogP contribution in [0.4, 0.5) is 0 Å². The highest BCUT2D eigenvalue weighted by Crippen LogP contribution is 2.26. The number of benzene rings is 2. The number of aryl methyl sites for hydroxylation is 1. The average molecular weight is 353 g/mol. The van der Waals surface area contributed by atoms with Gasteiger partial charge in [0.25, 0.3) is 5.91 Å². The van der Waals surface area contributed by atoms with Crippen molar-refractivity contribution < 1.29 is 14.3 Å². The summed E-state index contributed by atoms with van der Waals surface area (Å²) in [7, 11) is 3.44. The van der Waals surface area contributed by atoms with E-state index in [-0.39, 0.29) is 17.9 Å². The van der Waals surface area contributed by atoms with E-state index in [9.17, 15) is 4.79 Å². The minimum absolute atomic E-state index is 0.114. The molecule has 0 saturated carbocycles. The van der Waals surface area contributed by atoms with Gasteiger partial charge in [-0.05, 0) is 49.6 Å². The number of hydrogen-bond donors (Lipinski definition) is 0. The van der Waals surface area contributed by atoms with Gasteiger partial charge in [-0.3, -0.25) is 4.79 Å². The topological polar surface area (TPSA) is 38.8 Å². The van der Waals surface area contributed by atoms with Crippen molar-refractivity contribution >= 4 is 5.91 Å². The Balaban J connectivity index is 1.72. The number of rotatable bonds is 5. The van der Waals surface area contributed by atoms with Crippen molar-refractivity contribution in [2.24, 2.45) is 5.92 Å². The highest BCUT2D eigenvalue weighted by atomic mass is 16.5. The first-order valence-corrected chi connectivity index (χ1v) is 9.12. The van der Waals surface area contributed by atoms with Crippen molar-refractivity contribution in [1.82, 2.24) is 4.90 Å². The molecule has 2 atom stereocenters. The predicted molar refractivity (Wildman–Crippen MR) is 103 cm³/mol. The van der Waals surface area contributed by atoms with Crippen molar-refractivity contribution in [3.8, 4) is 5.75 Å². The average Bonchev–Trinajstić information content (AvgIpc) is 2.68. The van der Waals surface area contributed by atoms with Gasteiger partial charge in [-0.15, -0.1) is 0 Å². The van der Waals surface area contributed by atoms with Crippen LogP contribution in [-0.2, 0) is 11.2 Å². The summed E-state index contributed by atoms with van der Waals surface area (Å²) in [6, 6.07) is 16.0. The summed E-state index contributed by atoms with van der Waals surface area (Å²) in [5.41, 5.74) is 3.11. The molecule has 0 spiro atoms. The largest absolute Gasteiger partial charge is 0.497 e. The second-order valence-electron chi connectivity index (χ2n) is 7.00. The normalized spacial score (nSPS) is 20.0. The molecular formula is C22H27NO3. The Hall–Kier alpha value is -2.33. The van der Waals surface area contributed by atoms with Crippen molar-refractivity contribution in [3.63, 3.8) is 0 Å². The van der Waals surface area contributed by atoms with Crippen molar-refractivity contribution in [1.29, 1.82) is 0 Å². The smallest absolute Gasteiger partial charge is 0.253 e. The molecule has 0 aliphatic carbocycles. The Morgan fingerprint density at radius 1 is 1.15 bits per heavy atom. The third-order valence-electron chi connectivity index (χ3n) is 5.18. The van der Waals surface area contributed by atoms with Gasteiger partial charge in [-0.1, -0.05) is 29.8 Å². The fourth-order valence-electron chi connectivity index (χ4n) is 3.73. The molecule has 0 N–H and O–H groups in total. The Bertz CT molecular complexity index is 741. The first-order valence-electron chi connectivity index (χ1n) is 9.12. The summed E-state index contributed by atoms with van der Waals surface area (Å²) < 4.78 is 10.9. The second-order valence-corrected chi connectivity index (χ2v) is 7.00. The molecule has 1 heterocycles. The zero-order chi connectivity index (χ0) is 18.5. The monoisotopic (exact) mass is 353 g/mol. The van der Waals surface area contributed by atoms with Gasteiger partial charge < -0.3 is 14.4 Å². The third-order valence-corrected chi connectivity index (χ3v) is 5.18. The lowest BCUT2D eigenvalue weighted by Gasteiger charge is -2.38. The van der Waals surface area contributed by atoms with Gasteiger partial charge in [0.2, 0.25) is 0 Å². The molecule has 1 aliphatic rings. The van der Waals surface area contributed by atoms with Crippen LogP contribution in [0.15, 0.2) is 48.5 Å². The maximum Gasteiger partial charge on any atom is 0.253 e. The summed E-state index contributed by atoms with van der Waals surface area (Å²) in [6.07, 6.45) is 1.94. The van der Waals surface area contributed by atoms with Crippen LogP contribution in [0.1, 0.15) is 27.9 Å². The molecule has 2 aromatic carbocycles. The van der Waals surface area contributed by atoms with Crippen molar-refractivity contribution in [3.05, 3.63) is 65.2 Å². The Labute approximate surface area is 155 Å². The summed E-state index contributed by atoms with van der Waals surface area (Å²) in [6.45, 7) is 3.47. The van der Waals surface area contributed by atoms with Crippen LogP contribution >= 0.6 is 0 Å². The zero-order valence-electron chi connectivity index (χ0n) is 15.8. The molecule has 1 aliphatic heterocycles. The van der Waals surface area contributed by atoms with E-state index in [0.29, 0.717) is 0 Å². The first kappa shape index (κ1) is 18.5. The molecule has 26 heavy (non-hydrogen) atoms. The summed E-state index contributed by atoms with van der Waals surface area (Å²) in [4.78, 5) is 14.9. The van der Waals surface area contributed by atoms with Gasteiger partial charge in [0.05, 0.1) is 13.2 Å². The molecule has 1 saturated heterocycles. The number of carbonyl (C=O) groups excluding carboxylic acids is 1. The van der Waals surface area contributed by atoms with Gasteiger partial charge in [-0.25, -0.2) is 0 Å². The Morgan fingerprint density at radius 3 is 2.58 bits per heavy atom. The highest BCUT2D eigenvalue weighted by Gasteiger charge is 2.32. The first-order chi connectivity index (χ1) is 12.6. The second kappa shape index (κ2) is 8.37. The van der Waals surface area contributed by atoms with E-state index in [4.69, 9.17) is 9.47 Å². The van der Waals surface area contributed by atoms with E-state index in [1.807, 2.05) is 48.2 Å². The van der Waals surface area contributed by atoms with E-state index in [1.165, 1.54) is 5.56 Å². The van der Waals surface area contributed by atoms with Crippen LogP contribution in [0, 0.1) is 12.8 Å². The predicted octanol–water partition coefficient (Wildman–Crippen LogP) is 3.72. The molecule has 1 fully saturated rings. The number of methoxy groups -OCH3 is 2. The van der Waals surface area contributed by atoms with Gasteiger partial charge in [0.1, 0.15) is 5.75 Å². The van der Waals surface area contributed by atoms with Gasteiger partial charge in [0.15, 0.2) is 0 Å². The fraction of sp³-hybridized carbons (Fsp3) is 0.409. The fourth-order valence-corrected chi connectivity index (χ4v) is 3.73. The van der Waals surface area contributed by atoms with E-state index in [2.05, 4.69) is 12.1 Å². The van der Waals surface area contributed by atoms with Crippen LogP contribution in [-0.4, -0.2) is 44.2 Å². The lowest BCUT2D eigenvalue weighted by Crippen LogP contribution is -2.47. The zero-order valence-corrected chi connectivity index (χ0v) is 15.8. The van der Waals surface area contributed by atoms with Crippen molar-refractivity contribution in [2.45, 2.75) is 25.9 Å². The molecule has 138 valence electrons. The maximum atomic E-state index is 12.9.